The number of hydrogen-bond acceptors (Lipinski definition) is 2. The molecule has 4 nitrogen and oxygen atoms in total. The summed E-state index contributed by atoms with van der Waals surface area (Å²) in [4.78, 5) is 10.8. The van der Waals surface area contributed by atoms with Crippen LogP contribution in [0.2, 0.25) is 0 Å². The summed E-state index contributed by atoms with van der Waals surface area (Å²) in [5, 5.41) is 4.34. The molecule has 2 N–H and O–H groups in total. The fourth-order valence-corrected chi connectivity index (χ4v) is 1.64. The fraction of sp³-hybridized carbons (Fsp3) is 0.167. The van der Waals surface area contributed by atoms with E-state index in [9.17, 15) is 4.79 Å². The normalized spacial score (nSPS) is 10.3. The lowest BCUT2D eigenvalue weighted by atomic mass is 10.1. The number of carbonyl (C=O) groups is 1. The number of rotatable bonds is 3. The van der Waals surface area contributed by atoms with Gasteiger partial charge < -0.3 is 5.73 Å². The van der Waals surface area contributed by atoms with Gasteiger partial charge in [-0.1, -0.05) is 30.3 Å². The van der Waals surface area contributed by atoms with Crippen LogP contribution >= 0.6 is 0 Å². The molecule has 0 saturated carbocycles. The number of aromatic nitrogens is 2. The first kappa shape index (κ1) is 10.4. The van der Waals surface area contributed by atoms with Crippen molar-refractivity contribution in [2.24, 2.45) is 5.73 Å². The molecule has 4 heteroatoms. The van der Waals surface area contributed by atoms with Gasteiger partial charge in [0.05, 0.1) is 5.69 Å². The van der Waals surface area contributed by atoms with E-state index in [1.807, 2.05) is 43.5 Å². The van der Waals surface area contributed by atoms with Crippen molar-refractivity contribution in [2.45, 2.75) is 13.5 Å². The van der Waals surface area contributed by atoms with Gasteiger partial charge in [-0.05, 0) is 12.5 Å². The fourth-order valence-electron chi connectivity index (χ4n) is 1.64. The molecule has 1 amide bonds. The van der Waals surface area contributed by atoms with Crippen LogP contribution in [0.25, 0.3) is 11.3 Å². The third-order valence-electron chi connectivity index (χ3n) is 2.31. The third-order valence-corrected chi connectivity index (χ3v) is 2.31. The standard InChI is InChI=1S/C12H13N3O/c1-9-7-15(8-11(13)16)14-12(9)10-5-3-2-4-6-10/h2-7H,8H2,1H3,(H2,13,16). The number of hydrogen-bond donors (Lipinski definition) is 1. The predicted octanol–water partition coefficient (Wildman–Crippen LogP) is 1.34. The van der Waals surface area contributed by atoms with Crippen LogP contribution in [0.5, 0.6) is 0 Å². The van der Waals surface area contributed by atoms with Gasteiger partial charge in [-0.2, -0.15) is 5.10 Å². The summed E-state index contributed by atoms with van der Waals surface area (Å²) >= 11 is 0. The lowest BCUT2D eigenvalue weighted by Crippen LogP contribution is -2.18. The molecule has 0 spiro atoms. The zero-order valence-electron chi connectivity index (χ0n) is 9.05. The molecule has 1 aromatic carbocycles. The molecule has 2 aromatic rings. The van der Waals surface area contributed by atoms with E-state index < -0.39 is 0 Å². The number of amides is 1. The Labute approximate surface area is 93.7 Å². The van der Waals surface area contributed by atoms with E-state index >= 15 is 0 Å². The molecule has 0 atom stereocenters. The highest BCUT2D eigenvalue weighted by Crippen LogP contribution is 2.20. The molecule has 0 aliphatic carbocycles. The summed E-state index contributed by atoms with van der Waals surface area (Å²) < 4.78 is 1.57. The molecule has 82 valence electrons. The molecule has 0 saturated heterocycles. The van der Waals surface area contributed by atoms with E-state index in [1.54, 1.807) is 4.68 Å². The zero-order chi connectivity index (χ0) is 11.5. The van der Waals surface area contributed by atoms with Crippen LogP contribution in [-0.2, 0) is 11.3 Å². The molecular formula is C12H13N3O. The van der Waals surface area contributed by atoms with Crippen molar-refractivity contribution in [3.63, 3.8) is 0 Å². The molecule has 0 aliphatic rings. The number of aryl methyl sites for hydroxylation is 1. The largest absolute Gasteiger partial charge is 0.368 e. The van der Waals surface area contributed by atoms with Crippen molar-refractivity contribution in [1.29, 1.82) is 0 Å². The van der Waals surface area contributed by atoms with Crippen LogP contribution in [0.3, 0.4) is 0 Å². The average Bonchev–Trinajstić information content (AvgIpc) is 2.60. The van der Waals surface area contributed by atoms with Crippen molar-refractivity contribution in [2.75, 3.05) is 0 Å². The van der Waals surface area contributed by atoms with E-state index in [1.165, 1.54) is 0 Å². The third kappa shape index (κ3) is 2.11. The summed E-state index contributed by atoms with van der Waals surface area (Å²) in [6.07, 6.45) is 1.83. The van der Waals surface area contributed by atoms with Crippen molar-refractivity contribution in [3.05, 3.63) is 42.1 Å². The van der Waals surface area contributed by atoms with Crippen molar-refractivity contribution in [3.8, 4) is 11.3 Å². The monoisotopic (exact) mass is 215 g/mol. The van der Waals surface area contributed by atoms with Gasteiger partial charge in [-0.3, -0.25) is 9.48 Å². The Hall–Kier alpha value is -2.10. The van der Waals surface area contributed by atoms with Crippen LogP contribution < -0.4 is 5.73 Å². The lowest BCUT2D eigenvalue weighted by Gasteiger charge is -1.97. The highest BCUT2D eigenvalue weighted by Gasteiger charge is 2.08. The van der Waals surface area contributed by atoms with Gasteiger partial charge >= 0.3 is 0 Å². The Morgan fingerprint density at radius 2 is 2.06 bits per heavy atom. The first-order valence-electron chi connectivity index (χ1n) is 5.04. The molecule has 0 radical (unpaired) electrons. The number of nitrogens with zero attached hydrogens (tertiary/aromatic N) is 2. The second kappa shape index (κ2) is 4.18. The topological polar surface area (TPSA) is 60.9 Å². The number of carbonyl (C=O) groups excluding carboxylic acids is 1. The van der Waals surface area contributed by atoms with E-state index in [-0.39, 0.29) is 12.5 Å². The maximum atomic E-state index is 10.8. The van der Waals surface area contributed by atoms with Gasteiger partial charge in [0, 0.05) is 11.8 Å². The minimum absolute atomic E-state index is 0.119. The summed E-state index contributed by atoms with van der Waals surface area (Å²) in [6.45, 7) is 2.08. The molecule has 0 fully saturated rings. The van der Waals surface area contributed by atoms with Gasteiger partial charge in [-0.15, -0.1) is 0 Å². The first-order chi connectivity index (χ1) is 7.66. The predicted molar refractivity (Wildman–Crippen MR) is 61.6 cm³/mol. The molecule has 0 unspecified atom stereocenters. The van der Waals surface area contributed by atoms with E-state index in [4.69, 9.17) is 5.73 Å². The van der Waals surface area contributed by atoms with Crippen LogP contribution in [0.15, 0.2) is 36.5 Å². The van der Waals surface area contributed by atoms with Crippen LogP contribution in [0, 0.1) is 6.92 Å². The Kier molecular flexibility index (Phi) is 2.72. The Morgan fingerprint density at radius 3 is 2.69 bits per heavy atom. The van der Waals surface area contributed by atoms with Gasteiger partial charge in [0.15, 0.2) is 0 Å². The average molecular weight is 215 g/mol. The highest BCUT2D eigenvalue weighted by molar-refractivity contribution is 5.73. The second-order valence-corrected chi connectivity index (χ2v) is 3.69. The molecule has 2 rings (SSSR count). The zero-order valence-corrected chi connectivity index (χ0v) is 9.05. The van der Waals surface area contributed by atoms with Crippen molar-refractivity contribution < 1.29 is 4.79 Å². The first-order valence-corrected chi connectivity index (χ1v) is 5.04. The van der Waals surface area contributed by atoms with E-state index in [2.05, 4.69) is 5.10 Å². The summed E-state index contributed by atoms with van der Waals surface area (Å²) in [7, 11) is 0. The van der Waals surface area contributed by atoms with Crippen molar-refractivity contribution in [1.82, 2.24) is 9.78 Å². The summed E-state index contributed by atoms with van der Waals surface area (Å²) in [5.74, 6) is -0.387. The van der Waals surface area contributed by atoms with Gasteiger partial charge in [0.25, 0.3) is 0 Å². The summed E-state index contributed by atoms with van der Waals surface area (Å²) in [6, 6.07) is 9.86. The number of primary amides is 1. The molecule has 1 aromatic heterocycles. The maximum absolute atomic E-state index is 10.8. The minimum Gasteiger partial charge on any atom is -0.368 e. The van der Waals surface area contributed by atoms with E-state index in [0.29, 0.717) is 0 Å². The van der Waals surface area contributed by atoms with Crippen LogP contribution in [-0.4, -0.2) is 15.7 Å². The highest BCUT2D eigenvalue weighted by atomic mass is 16.1. The van der Waals surface area contributed by atoms with E-state index in [0.717, 1.165) is 16.8 Å². The summed E-state index contributed by atoms with van der Waals surface area (Å²) in [5.41, 5.74) is 8.09. The maximum Gasteiger partial charge on any atom is 0.239 e. The van der Waals surface area contributed by atoms with Gasteiger partial charge in [0.1, 0.15) is 6.54 Å². The minimum atomic E-state index is -0.387. The Balaban J connectivity index is 2.36. The molecule has 1 heterocycles. The Bertz CT molecular complexity index is 502. The number of benzene rings is 1. The Morgan fingerprint density at radius 1 is 1.38 bits per heavy atom. The van der Waals surface area contributed by atoms with Gasteiger partial charge in [0.2, 0.25) is 5.91 Å². The molecule has 16 heavy (non-hydrogen) atoms. The van der Waals surface area contributed by atoms with Crippen LogP contribution in [0.1, 0.15) is 5.56 Å². The quantitative estimate of drug-likeness (QED) is 0.840. The number of nitrogens with two attached hydrogens (primary N) is 1. The SMILES string of the molecule is Cc1cn(CC(N)=O)nc1-c1ccccc1. The molecule has 0 bridgehead atoms. The van der Waals surface area contributed by atoms with Gasteiger partial charge in [-0.25, -0.2) is 0 Å². The molecular weight excluding hydrogens is 202 g/mol. The van der Waals surface area contributed by atoms with Crippen molar-refractivity contribution >= 4 is 5.91 Å². The second-order valence-electron chi connectivity index (χ2n) is 3.69. The lowest BCUT2D eigenvalue weighted by molar-refractivity contribution is -0.118. The molecule has 0 aliphatic heterocycles. The smallest absolute Gasteiger partial charge is 0.239 e. The van der Waals surface area contributed by atoms with Crippen LogP contribution in [0.4, 0.5) is 0 Å².